The van der Waals surface area contributed by atoms with Crippen molar-refractivity contribution in [3.63, 3.8) is 0 Å². The lowest BCUT2D eigenvalue weighted by Crippen LogP contribution is -2.01. The van der Waals surface area contributed by atoms with E-state index in [1.54, 1.807) is 0 Å². The van der Waals surface area contributed by atoms with Gasteiger partial charge < -0.3 is 0 Å². The first kappa shape index (κ1) is 9.20. The largest absolute Gasteiger partial charge is 0.297 e. The van der Waals surface area contributed by atoms with Crippen molar-refractivity contribution in [3.05, 3.63) is 35.9 Å². The van der Waals surface area contributed by atoms with Crippen LogP contribution < -0.4 is 0 Å². The molecular weight excluding hydrogens is 168 g/mol. The summed E-state index contributed by atoms with van der Waals surface area (Å²) in [7, 11) is 0.0443. The van der Waals surface area contributed by atoms with E-state index in [1.165, 1.54) is 0 Å². The van der Waals surface area contributed by atoms with E-state index in [4.69, 9.17) is 0 Å². The Labute approximate surface area is 75.3 Å². The fraction of sp³-hybridized carbons (Fsp3) is 0.200. The average Bonchev–Trinajstić information content (AvgIpc) is 2.07. The Morgan fingerprint density at radius 1 is 1.25 bits per heavy atom. The summed E-state index contributed by atoms with van der Waals surface area (Å²) in [5, 5.41) is 0. The zero-order chi connectivity index (χ0) is 8.97. The first-order valence-corrected chi connectivity index (χ1v) is 5.75. The molecule has 2 heteroatoms. The van der Waals surface area contributed by atoms with Crippen LogP contribution in [0.1, 0.15) is 5.56 Å². The second kappa shape index (κ2) is 4.21. The molecule has 0 N–H and O–H groups in total. The van der Waals surface area contributed by atoms with Crippen molar-refractivity contribution in [1.29, 1.82) is 0 Å². The van der Waals surface area contributed by atoms with Crippen LogP contribution in [0.5, 0.6) is 0 Å². The Morgan fingerprint density at radius 2 is 1.83 bits per heavy atom. The molecule has 0 aliphatic carbocycles. The average molecular weight is 180 g/mol. The van der Waals surface area contributed by atoms with Crippen LogP contribution >= 0.6 is 10.5 Å². The van der Waals surface area contributed by atoms with Gasteiger partial charge in [-0.15, -0.1) is 0 Å². The number of benzene rings is 1. The quantitative estimate of drug-likeness (QED) is 0.386. The maximum absolute atomic E-state index is 10.7. The fourth-order valence-electron chi connectivity index (χ4n) is 1.00. The molecule has 0 aliphatic rings. The maximum atomic E-state index is 10.7. The zero-order valence-corrected chi connectivity index (χ0v) is 8.10. The molecule has 0 aliphatic heterocycles. The number of aldehydes is 1. The van der Waals surface area contributed by atoms with Gasteiger partial charge in [0, 0.05) is 4.86 Å². The summed E-state index contributed by atoms with van der Waals surface area (Å²) in [5.41, 5.74) is 1.04. The highest BCUT2D eigenvalue weighted by atomic mass is 32.2. The monoisotopic (exact) mass is 180 g/mol. The minimum absolute atomic E-state index is 0.0443. The Morgan fingerprint density at radius 3 is 2.25 bits per heavy atom. The van der Waals surface area contributed by atoms with Gasteiger partial charge >= 0.3 is 0 Å². The summed E-state index contributed by atoms with van der Waals surface area (Å²) in [4.78, 5) is 11.6. The van der Waals surface area contributed by atoms with Crippen LogP contribution in [-0.4, -0.2) is 23.7 Å². The van der Waals surface area contributed by atoms with Crippen LogP contribution in [0, 0.1) is 0 Å². The second-order valence-corrected chi connectivity index (χ2v) is 4.74. The molecule has 12 heavy (non-hydrogen) atoms. The summed E-state index contributed by atoms with van der Waals surface area (Å²) in [6.07, 6.45) is 5.06. The van der Waals surface area contributed by atoms with Crippen molar-refractivity contribution < 1.29 is 4.79 Å². The SMILES string of the molecule is CS(C)=C(C=O)c1ccccc1. The molecule has 0 aromatic heterocycles. The molecule has 0 fully saturated rings. The van der Waals surface area contributed by atoms with Crippen LogP contribution in [0.3, 0.4) is 0 Å². The van der Waals surface area contributed by atoms with Gasteiger partial charge in [-0.1, -0.05) is 30.3 Å². The molecule has 1 aromatic rings. The summed E-state index contributed by atoms with van der Waals surface area (Å²) in [6.45, 7) is 0. The fourth-order valence-corrected chi connectivity index (χ4v) is 1.80. The van der Waals surface area contributed by atoms with Gasteiger partial charge in [0.05, 0.1) is 0 Å². The Hall–Kier alpha value is -0.890. The summed E-state index contributed by atoms with van der Waals surface area (Å²) < 4.78 is 0. The molecule has 0 unspecified atom stereocenters. The van der Waals surface area contributed by atoms with Gasteiger partial charge in [0.1, 0.15) is 0 Å². The van der Waals surface area contributed by atoms with Gasteiger partial charge in [0.25, 0.3) is 0 Å². The molecule has 1 rings (SSSR count). The molecule has 0 radical (unpaired) electrons. The third-order valence-corrected chi connectivity index (χ3v) is 2.82. The third kappa shape index (κ3) is 2.05. The minimum Gasteiger partial charge on any atom is -0.297 e. The van der Waals surface area contributed by atoms with Crippen LogP contribution in [0.25, 0.3) is 0 Å². The van der Waals surface area contributed by atoms with Crippen LogP contribution in [-0.2, 0) is 4.79 Å². The normalized spacial score (nSPS) is 9.92. The topological polar surface area (TPSA) is 17.1 Å². The number of hydrogen-bond donors (Lipinski definition) is 0. The van der Waals surface area contributed by atoms with E-state index in [-0.39, 0.29) is 10.5 Å². The van der Waals surface area contributed by atoms with E-state index in [0.29, 0.717) is 0 Å². The molecule has 0 atom stereocenters. The molecule has 0 spiro atoms. The lowest BCUT2D eigenvalue weighted by atomic mass is 10.2. The summed E-state index contributed by atoms with van der Waals surface area (Å²) in [6, 6.07) is 9.79. The summed E-state index contributed by atoms with van der Waals surface area (Å²) >= 11 is 0. The number of carbonyl (C=O) groups is 1. The number of hydrogen-bond acceptors (Lipinski definition) is 1. The van der Waals surface area contributed by atoms with Crippen molar-refractivity contribution in [2.24, 2.45) is 0 Å². The third-order valence-electron chi connectivity index (χ3n) is 1.61. The highest BCUT2D eigenvalue weighted by molar-refractivity contribution is 8.15. The van der Waals surface area contributed by atoms with Crippen molar-refractivity contribution >= 4 is 21.6 Å². The zero-order valence-electron chi connectivity index (χ0n) is 7.28. The smallest absolute Gasteiger partial charge is 0.156 e. The Bertz CT molecular complexity index is 297. The standard InChI is InChI=1S/C10H12OS/c1-12(2)10(8-11)9-6-4-3-5-7-9/h3-8H,1-2H3. The van der Waals surface area contributed by atoms with Crippen LogP contribution in [0.15, 0.2) is 30.3 Å². The van der Waals surface area contributed by atoms with E-state index in [9.17, 15) is 4.79 Å². The van der Waals surface area contributed by atoms with Gasteiger partial charge in [-0.3, -0.25) is 4.79 Å². The molecule has 0 saturated heterocycles. The van der Waals surface area contributed by atoms with E-state index >= 15 is 0 Å². The molecule has 1 aromatic carbocycles. The predicted octanol–water partition coefficient (Wildman–Crippen LogP) is 1.93. The van der Waals surface area contributed by atoms with Crippen LogP contribution in [0.2, 0.25) is 0 Å². The Kier molecular flexibility index (Phi) is 3.23. The second-order valence-electron chi connectivity index (χ2n) is 2.66. The maximum Gasteiger partial charge on any atom is 0.156 e. The minimum atomic E-state index is 0.0443. The number of rotatable bonds is 2. The lowest BCUT2D eigenvalue weighted by Gasteiger charge is -2.01. The van der Waals surface area contributed by atoms with E-state index in [2.05, 4.69) is 12.5 Å². The molecule has 0 amide bonds. The van der Waals surface area contributed by atoms with Crippen molar-refractivity contribution in [3.8, 4) is 0 Å². The van der Waals surface area contributed by atoms with Crippen molar-refractivity contribution in [1.82, 2.24) is 0 Å². The molecule has 0 bridgehead atoms. The van der Waals surface area contributed by atoms with E-state index in [0.717, 1.165) is 16.7 Å². The molecular formula is C10H12OS. The lowest BCUT2D eigenvalue weighted by molar-refractivity contribution is -0.102. The van der Waals surface area contributed by atoms with Crippen molar-refractivity contribution in [2.75, 3.05) is 12.5 Å². The van der Waals surface area contributed by atoms with Gasteiger partial charge in [-0.05, 0) is 18.1 Å². The van der Waals surface area contributed by atoms with E-state index < -0.39 is 0 Å². The highest BCUT2D eigenvalue weighted by Gasteiger charge is 1.99. The molecule has 1 nitrogen and oxygen atoms in total. The first-order valence-electron chi connectivity index (χ1n) is 3.71. The molecule has 0 heterocycles. The predicted molar refractivity (Wildman–Crippen MR) is 56.1 cm³/mol. The van der Waals surface area contributed by atoms with Gasteiger partial charge in [-0.2, -0.15) is 10.5 Å². The van der Waals surface area contributed by atoms with Gasteiger partial charge in [0.2, 0.25) is 0 Å². The van der Waals surface area contributed by atoms with Crippen LogP contribution in [0.4, 0.5) is 0 Å². The van der Waals surface area contributed by atoms with Gasteiger partial charge in [-0.25, -0.2) is 0 Å². The van der Waals surface area contributed by atoms with E-state index in [1.807, 2.05) is 30.3 Å². The first-order chi connectivity index (χ1) is 5.75. The Balaban J connectivity index is 3.14. The highest BCUT2D eigenvalue weighted by Crippen LogP contribution is 2.09. The summed E-state index contributed by atoms with van der Waals surface area (Å²) in [5.74, 6) is 0. The number of carbonyl (C=O) groups excluding carboxylic acids is 1. The van der Waals surface area contributed by atoms with Crippen molar-refractivity contribution in [2.45, 2.75) is 0 Å². The molecule has 0 saturated carbocycles. The molecule has 64 valence electrons. The van der Waals surface area contributed by atoms with Gasteiger partial charge in [0.15, 0.2) is 6.29 Å².